The van der Waals surface area contributed by atoms with Gasteiger partial charge in [0.1, 0.15) is 5.75 Å². The summed E-state index contributed by atoms with van der Waals surface area (Å²) >= 11 is 0. The Kier molecular flexibility index (Phi) is 4.75. The first-order chi connectivity index (χ1) is 12.4. The van der Waals surface area contributed by atoms with Crippen LogP contribution < -0.4 is 4.74 Å². The van der Waals surface area contributed by atoms with E-state index in [0.717, 1.165) is 27.6 Å². The highest BCUT2D eigenvalue weighted by Gasteiger charge is 2.14. The van der Waals surface area contributed by atoms with Gasteiger partial charge in [-0.3, -0.25) is 4.79 Å². The number of amides is 1. The van der Waals surface area contributed by atoms with Crippen molar-refractivity contribution >= 4 is 22.5 Å². The molecule has 6 heteroatoms. The Hall–Kier alpha value is -3.15. The van der Waals surface area contributed by atoms with Crippen LogP contribution in [0.2, 0.25) is 0 Å². The number of aromatic hydroxyl groups is 1. The van der Waals surface area contributed by atoms with Crippen LogP contribution in [0, 0.1) is 20.8 Å². The molecule has 0 radical (unpaired) electrons. The summed E-state index contributed by atoms with van der Waals surface area (Å²) in [6.45, 7) is 5.67. The summed E-state index contributed by atoms with van der Waals surface area (Å²) in [7, 11) is 1.73. The van der Waals surface area contributed by atoms with Gasteiger partial charge < -0.3 is 14.4 Å². The van der Waals surface area contributed by atoms with E-state index in [1.165, 1.54) is 0 Å². The number of para-hydroxylation sites is 1. The molecule has 1 aromatic heterocycles. The van der Waals surface area contributed by atoms with Crippen molar-refractivity contribution in [2.45, 2.75) is 20.8 Å². The molecule has 0 aliphatic carbocycles. The zero-order chi connectivity index (χ0) is 18.8. The Morgan fingerprint density at radius 3 is 2.58 bits per heavy atom. The average molecular weight is 351 g/mol. The van der Waals surface area contributed by atoms with Gasteiger partial charge in [0.25, 0.3) is 0 Å². The van der Waals surface area contributed by atoms with Crippen molar-refractivity contribution in [1.29, 1.82) is 0 Å². The minimum atomic E-state index is -0.516. The predicted octanol–water partition coefficient (Wildman–Crippen LogP) is 4.50. The van der Waals surface area contributed by atoms with E-state index in [4.69, 9.17) is 4.74 Å². The van der Waals surface area contributed by atoms with Gasteiger partial charge >= 0.3 is 5.91 Å². The number of hydrogen-bond donors (Lipinski definition) is 1. The summed E-state index contributed by atoms with van der Waals surface area (Å²) in [4.78, 5) is 12.1. The number of azo groups is 1. The first-order valence-electron chi connectivity index (χ1n) is 8.30. The van der Waals surface area contributed by atoms with Gasteiger partial charge in [-0.05, 0) is 43.5 Å². The highest BCUT2D eigenvalue weighted by Crippen LogP contribution is 2.37. The van der Waals surface area contributed by atoms with Crippen LogP contribution in [0.3, 0.4) is 0 Å². The van der Waals surface area contributed by atoms with Gasteiger partial charge in [0, 0.05) is 12.4 Å². The lowest BCUT2D eigenvalue weighted by Crippen LogP contribution is -2.10. The summed E-state index contributed by atoms with van der Waals surface area (Å²) in [5.41, 5.74) is 4.15. The summed E-state index contributed by atoms with van der Waals surface area (Å²) in [5.74, 6) is 0.147. The number of aromatic nitrogens is 1. The van der Waals surface area contributed by atoms with Crippen LogP contribution in [0.4, 0.5) is 5.69 Å². The summed E-state index contributed by atoms with van der Waals surface area (Å²) in [6.07, 6.45) is 0. The maximum atomic E-state index is 12.1. The van der Waals surface area contributed by atoms with Gasteiger partial charge in [0.15, 0.2) is 12.3 Å². The van der Waals surface area contributed by atoms with Gasteiger partial charge in [-0.2, -0.15) is 0 Å². The van der Waals surface area contributed by atoms with Crippen LogP contribution in [0.25, 0.3) is 10.9 Å². The van der Waals surface area contributed by atoms with Crippen molar-refractivity contribution in [1.82, 2.24) is 4.57 Å². The fourth-order valence-corrected chi connectivity index (χ4v) is 2.87. The number of fused-ring (bicyclic) bond motifs is 1. The second-order valence-corrected chi connectivity index (χ2v) is 6.28. The first kappa shape index (κ1) is 17.7. The van der Waals surface area contributed by atoms with Crippen LogP contribution in [0.1, 0.15) is 16.7 Å². The van der Waals surface area contributed by atoms with E-state index in [2.05, 4.69) is 10.2 Å². The fourth-order valence-electron chi connectivity index (χ4n) is 2.87. The van der Waals surface area contributed by atoms with Crippen molar-refractivity contribution in [2.24, 2.45) is 17.3 Å². The number of benzene rings is 2. The molecule has 2 aromatic carbocycles. The number of carbonyl (C=O) groups excluding carboxylic acids is 1. The summed E-state index contributed by atoms with van der Waals surface area (Å²) in [5, 5.41) is 18.6. The molecule has 0 atom stereocenters. The van der Waals surface area contributed by atoms with Gasteiger partial charge in [0.05, 0.1) is 5.52 Å². The molecule has 0 spiro atoms. The maximum Gasteiger partial charge on any atom is 0.302 e. The molecule has 0 saturated heterocycles. The molecule has 0 unspecified atom stereocenters. The smallest absolute Gasteiger partial charge is 0.302 e. The molecule has 0 bridgehead atoms. The molecule has 3 aromatic rings. The zero-order valence-electron chi connectivity index (χ0n) is 15.3. The van der Waals surface area contributed by atoms with Crippen molar-refractivity contribution in [3.63, 3.8) is 0 Å². The number of ether oxygens (including phenoxy) is 1. The predicted molar refractivity (Wildman–Crippen MR) is 100 cm³/mol. The van der Waals surface area contributed by atoms with E-state index in [-0.39, 0.29) is 18.2 Å². The monoisotopic (exact) mass is 351 g/mol. The Morgan fingerprint density at radius 1 is 1.12 bits per heavy atom. The lowest BCUT2D eigenvalue weighted by Gasteiger charge is -2.12. The number of carbonyl (C=O) groups is 1. The SMILES string of the molecule is Cc1ccc(C)c(OCC(=O)N=Nc2c(O)n(C)c3ccccc23)c1C. The van der Waals surface area contributed by atoms with Gasteiger partial charge in [0.2, 0.25) is 5.88 Å². The average Bonchev–Trinajstić information content (AvgIpc) is 2.88. The largest absolute Gasteiger partial charge is 0.493 e. The van der Waals surface area contributed by atoms with E-state index in [1.54, 1.807) is 11.6 Å². The van der Waals surface area contributed by atoms with Crippen molar-refractivity contribution < 1.29 is 14.6 Å². The third-order valence-electron chi connectivity index (χ3n) is 4.53. The summed E-state index contributed by atoms with van der Waals surface area (Å²) in [6, 6.07) is 11.4. The standard InChI is InChI=1S/C20H21N3O3/c1-12-9-10-13(2)19(14(12)3)26-11-17(24)21-22-18-15-7-5-6-8-16(15)23(4)20(18)25/h5-10,25H,11H2,1-4H3. The van der Waals surface area contributed by atoms with E-state index in [0.29, 0.717) is 5.75 Å². The highest BCUT2D eigenvalue weighted by molar-refractivity contribution is 5.95. The van der Waals surface area contributed by atoms with Crippen molar-refractivity contribution in [2.75, 3.05) is 6.61 Å². The molecule has 134 valence electrons. The Morgan fingerprint density at radius 2 is 1.81 bits per heavy atom. The normalized spacial score (nSPS) is 11.4. The van der Waals surface area contributed by atoms with E-state index < -0.39 is 5.91 Å². The molecule has 0 aliphatic rings. The minimum Gasteiger partial charge on any atom is -0.493 e. The van der Waals surface area contributed by atoms with E-state index in [1.807, 2.05) is 57.2 Å². The zero-order valence-corrected chi connectivity index (χ0v) is 15.3. The van der Waals surface area contributed by atoms with Gasteiger partial charge in [-0.1, -0.05) is 30.3 Å². The second-order valence-electron chi connectivity index (χ2n) is 6.28. The highest BCUT2D eigenvalue weighted by atomic mass is 16.5. The quantitative estimate of drug-likeness (QED) is 0.703. The molecular weight excluding hydrogens is 330 g/mol. The third-order valence-corrected chi connectivity index (χ3v) is 4.53. The number of rotatable bonds is 4. The molecule has 0 saturated carbocycles. The lowest BCUT2D eigenvalue weighted by atomic mass is 10.1. The molecule has 26 heavy (non-hydrogen) atoms. The number of hydrogen-bond acceptors (Lipinski definition) is 4. The van der Waals surface area contributed by atoms with Crippen LogP contribution >= 0.6 is 0 Å². The van der Waals surface area contributed by atoms with Crippen LogP contribution in [0.15, 0.2) is 46.6 Å². The van der Waals surface area contributed by atoms with Crippen LogP contribution in [-0.4, -0.2) is 22.2 Å². The van der Waals surface area contributed by atoms with E-state index >= 15 is 0 Å². The molecule has 6 nitrogen and oxygen atoms in total. The Balaban J connectivity index is 1.78. The molecule has 3 rings (SSSR count). The maximum absolute atomic E-state index is 12.1. The molecule has 1 N–H and O–H groups in total. The summed E-state index contributed by atoms with van der Waals surface area (Å²) < 4.78 is 7.25. The van der Waals surface area contributed by atoms with Crippen molar-refractivity contribution in [3.8, 4) is 11.6 Å². The molecule has 0 aliphatic heterocycles. The Labute approximate surface area is 151 Å². The molecule has 1 heterocycles. The van der Waals surface area contributed by atoms with Gasteiger partial charge in [-0.25, -0.2) is 0 Å². The number of nitrogens with zero attached hydrogens (tertiary/aromatic N) is 3. The lowest BCUT2D eigenvalue weighted by molar-refractivity contribution is -0.120. The van der Waals surface area contributed by atoms with Crippen LogP contribution in [-0.2, 0) is 11.8 Å². The molecule has 0 fully saturated rings. The fraction of sp³-hybridized carbons (Fsp3) is 0.250. The number of aryl methyl sites for hydroxylation is 3. The van der Waals surface area contributed by atoms with Crippen molar-refractivity contribution in [3.05, 3.63) is 53.1 Å². The topological polar surface area (TPSA) is 76.2 Å². The van der Waals surface area contributed by atoms with Gasteiger partial charge in [-0.15, -0.1) is 10.2 Å². The third kappa shape index (κ3) is 3.18. The second kappa shape index (κ2) is 7.00. The van der Waals surface area contributed by atoms with Crippen LogP contribution in [0.5, 0.6) is 11.6 Å². The first-order valence-corrected chi connectivity index (χ1v) is 8.30. The minimum absolute atomic E-state index is 0.0333. The van der Waals surface area contributed by atoms with E-state index in [9.17, 15) is 9.90 Å². The molecular formula is C20H21N3O3. The molecule has 1 amide bonds. The Bertz CT molecular complexity index is 1020.